The molecule has 3 aromatic rings. The number of hydrogen-bond donors (Lipinski definition) is 0. The van der Waals surface area contributed by atoms with Crippen LogP contribution in [0.25, 0.3) is 22.4 Å². The van der Waals surface area contributed by atoms with Crippen molar-refractivity contribution in [3.8, 4) is 28.1 Å². The molecule has 0 saturated heterocycles. The number of hydrogen-bond acceptors (Lipinski definition) is 4. The number of aromatic carboxylic acids is 1. The minimum atomic E-state index is -1.29. The van der Waals surface area contributed by atoms with E-state index in [0.29, 0.717) is 12.3 Å². The second kappa shape index (κ2) is 9.00. The molecule has 1 fully saturated rings. The molecule has 1 aliphatic carbocycles. The van der Waals surface area contributed by atoms with Gasteiger partial charge in [-0.15, -0.1) is 0 Å². The molecule has 0 bridgehead atoms. The Hall–Kier alpha value is -1.66. The van der Waals surface area contributed by atoms with Crippen LogP contribution in [0.3, 0.4) is 0 Å². The van der Waals surface area contributed by atoms with Gasteiger partial charge in [-0.3, -0.25) is 0 Å². The molecule has 29 heavy (non-hydrogen) atoms. The van der Waals surface area contributed by atoms with Crippen LogP contribution in [0.15, 0.2) is 65.1 Å². The van der Waals surface area contributed by atoms with Crippen molar-refractivity contribution in [1.82, 2.24) is 4.98 Å². The second-order valence-corrected chi connectivity index (χ2v) is 8.40. The molecular weight excluding hydrogens is 441 g/mol. The molecule has 0 amide bonds. The van der Waals surface area contributed by atoms with Crippen LogP contribution in [0.5, 0.6) is 5.75 Å². The third kappa shape index (κ3) is 5.10. The molecule has 4 nitrogen and oxygen atoms in total. The van der Waals surface area contributed by atoms with Crippen molar-refractivity contribution < 1.29 is 44.2 Å². The standard InChI is InChI=1S/C23H20BrNO3.Na/c1-23(11-12-23)14-28-21-10-9-15(24)13-18(21)16-5-2-3-6-17(16)19-7-4-8-20(25-19)22(26)27;/h2-10,13H,11-12,14H2,1H3,(H,26,27);/q;+1/p-1. The van der Waals surface area contributed by atoms with E-state index in [-0.39, 0.29) is 40.7 Å². The molecule has 1 aromatic heterocycles. The Morgan fingerprint density at radius 2 is 1.79 bits per heavy atom. The quantitative estimate of drug-likeness (QED) is 0.526. The molecule has 2 aromatic carbocycles. The molecule has 0 atom stereocenters. The summed E-state index contributed by atoms with van der Waals surface area (Å²) in [5.41, 5.74) is 3.48. The predicted octanol–water partition coefficient (Wildman–Crippen LogP) is 1.72. The van der Waals surface area contributed by atoms with Gasteiger partial charge in [0.05, 0.1) is 24.0 Å². The van der Waals surface area contributed by atoms with Crippen molar-refractivity contribution in [2.75, 3.05) is 6.61 Å². The zero-order valence-corrected chi connectivity index (χ0v) is 20.0. The summed E-state index contributed by atoms with van der Waals surface area (Å²) in [5, 5.41) is 11.2. The van der Waals surface area contributed by atoms with E-state index in [1.54, 1.807) is 12.1 Å². The number of carboxylic acid groups (broad SMARTS) is 1. The molecule has 6 heteroatoms. The van der Waals surface area contributed by atoms with Crippen molar-refractivity contribution in [2.24, 2.45) is 5.41 Å². The van der Waals surface area contributed by atoms with E-state index in [1.807, 2.05) is 42.5 Å². The molecule has 0 N–H and O–H groups in total. The van der Waals surface area contributed by atoms with Crippen LogP contribution in [0.4, 0.5) is 0 Å². The zero-order valence-electron chi connectivity index (χ0n) is 16.4. The topological polar surface area (TPSA) is 62.2 Å². The SMILES string of the molecule is CC1(COc2ccc(Br)cc2-c2ccccc2-c2cccc(C(=O)[O-])n2)CC1.[Na+]. The number of carbonyl (C=O) groups excluding carboxylic acids is 1. The Balaban J connectivity index is 0.00000240. The van der Waals surface area contributed by atoms with Gasteiger partial charge in [0.15, 0.2) is 0 Å². The third-order valence-corrected chi connectivity index (χ3v) is 5.57. The summed E-state index contributed by atoms with van der Waals surface area (Å²) in [6, 6.07) is 18.7. The van der Waals surface area contributed by atoms with Crippen LogP contribution < -0.4 is 39.4 Å². The van der Waals surface area contributed by atoms with E-state index < -0.39 is 5.97 Å². The molecule has 142 valence electrons. The van der Waals surface area contributed by atoms with E-state index >= 15 is 0 Å². The molecule has 1 heterocycles. The Kier molecular flexibility index (Phi) is 6.84. The average Bonchev–Trinajstić information content (AvgIpc) is 3.44. The summed E-state index contributed by atoms with van der Waals surface area (Å²) in [4.78, 5) is 15.5. The van der Waals surface area contributed by atoms with Crippen LogP contribution in [0, 0.1) is 5.41 Å². The van der Waals surface area contributed by atoms with Crippen LogP contribution in [0.1, 0.15) is 30.3 Å². The molecule has 0 spiro atoms. The first-order valence-corrected chi connectivity index (χ1v) is 9.95. The monoisotopic (exact) mass is 459 g/mol. The van der Waals surface area contributed by atoms with E-state index in [0.717, 1.165) is 26.9 Å². The fourth-order valence-corrected chi connectivity index (χ4v) is 3.45. The minimum absolute atomic E-state index is 0. The van der Waals surface area contributed by atoms with Crippen LogP contribution in [-0.4, -0.2) is 17.6 Å². The smallest absolute Gasteiger partial charge is 0.543 e. The van der Waals surface area contributed by atoms with Gasteiger partial charge in [-0.05, 0) is 48.7 Å². The number of benzene rings is 2. The molecule has 0 radical (unpaired) electrons. The maximum Gasteiger partial charge on any atom is 1.00 e. The fraction of sp³-hybridized carbons (Fsp3) is 0.217. The van der Waals surface area contributed by atoms with Gasteiger partial charge in [0.25, 0.3) is 0 Å². The van der Waals surface area contributed by atoms with E-state index in [9.17, 15) is 9.90 Å². The van der Waals surface area contributed by atoms with Gasteiger partial charge in [0.2, 0.25) is 0 Å². The van der Waals surface area contributed by atoms with E-state index in [1.165, 1.54) is 18.9 Å². The molecule has 0 unspecified atom stereocenters. The Morgan fingerprint density at radius 1 is 1.07 bits per heavy atom. The normalized spacial score (nSPS) is 14.0. The number of carbonyl (C=O) groups is 1. The van der Waals surface area contributed by atoms with Crippen LogP contribution in [0.2, 0.25) is 0 Å². The number of rotatable bonds is 6. The second-order valence-electron chi connectivity index (χ2n) is 7.48. The Labute approximate surface area is 200 Å². The number of aromatic nitrogens is 1. The van der Waals surface area contributed by atoms with Crippen molar-refractivity contribution in [1.29, 1.82) is 0 Å². The summed E-state index contributed by atoms with van der Waals surface area (Å²) >= 11 is 3.55. The largest absolute Gasteiger partial charge is 1.00 e. The first kappa shape index (κ1) is 22.0. The summed E-state index contributed by atoms with van der Waals surface area (Å²) in [5.74, 6) is -0.483. The predicted molar refractivity (Wildman–Crippen MR) is 110 cm³/mol. The van der Waals surface area contributed by atoms with Gasteiger partial charge in [-0.1, -0.05) is 53.2 Å². The maximum absolute atomic E-state index is 11.2. The number of ether oxygens (including phenoxy) is 1. The average molecular weight is 460 g/mol. The van der Waals surface area contributed by atoms with Gasteiger partial charge in [0, 0.05) is 21.0 Å². The first-order valence-electron chi connectivity index (χ1n) is 9.16. The molecule has 1 aliphatic rings. The van der Waals surface area contributed by atoms with Gasteiger partial charge >= 0.3 is 29.6 Å². The van der Waals surface area contributed by atoms with E-state index in [2.05, 4.69) is 27.8 Å². The molecule has 0 aliphatic heterocycles. The molecule has 1 saturated carbocycles. The summed E-state index contributed by atoms with van der Waals surface area (Å²) < 4.78 is 7.12. The maximum atomic E-state index is 11.2. The van der Waals surface area contributed by atoms with Gasteiger partial charge in [0.1, 0.15) is 5.75 Å². The molecular formula is C23H19BrNNaO3. The van der Waals surface area contributed by atoms with Crippen molar-refractivity contribution >= 4 is 21.9 Å². The summed E-state index contributed by atoms with van der Waals surface area (Å²) in [6.07, 6.45) is 2.38. The van der Waals surface area contributed by atoms with Gasteiger partial charge in [-0.25, -0.2) is 4.98 Å². The summed E-state index contributed by atoms with van der Waals surface area (Å²) in [6.45, 7) is 2.91. The van der Waals surface area contributed by atoms with Crippen LogP contribution in [-0.2, 0) is 0 Å². The summed E-state index contributed by atoms with van der Waals surface area (Å²) in [7, 11) is 0. The number of carboxylic acids is 1. The fourth-order valence-electron chi connectivity index (χ4n) is 3.09. The first-order chi connectivity index (χ1) is 13.5. The van der Waals surface area contributed by atoms with Gasteiger partial charge < -0.3 is 14.6 Å². The Morgan fingerprint density at radius 3 is 2.48 bits per heavy atom. The zero-order chi connectivity index (χ0) is 19.7. The van der Waals surface area contributed by atoms with Crippen molar-refractivity contribution in [2.45, 2.75) is 19.8 Å². The van der Waals surface area contributed by atoms with Gasteiger partial charge in [-0.2, -0.15) is 0 Å². The van der Waals surface area contributed by atoms with Crippen molar-refractivity contribution in [3.05, 3.63) is 70.8 Å². The van der Waals surface area contributed by atoms with Crippen molar-refractivity contribution in [3.63, 3.8) is 0 Å². The number of nitrogens with zero attached hydrogens (tertiary/aromatic N) is 1. The number of pyridine rings is 1. The molecule has 4 rings (SSSR count). The Bertz CT molecular complexity index is 1050. The number of halogens is 1. The van der Waals surface area contributed by atoms with E-state index in [4.69, 9.17) is 4.74 Å². The van der Waals surface area contributed by atoms with Crippen LogP contribution >= 0.6 is 15.9 Å². The third-order valence-electron chi connectivity index (χ3n) is 5.07. The minimum Gasteiger partial charge on any atom is -0.543 e.